The van der Waals surface area contributed by atoms with E-state index in [-0.39, 0.29) is 25.0 Å². The zero-order chi connectivity index (χ0) is 25.6. The van der Waals surface area contributed by atoms with Crippen molar-refractivity contribution in [1.82, 2.24) is 10.2 Å². The Morgan fingerprint density at radius 1 is 0.833 bits per heavy atom. The van der Waals surface area contributed by atoms with E-state index >= 15 is 0 Å². The number of nitrogens with zero attached hydrogens (tertiary/aromatic N) is 1. The lowest BCUT2D eigenvalue weighted by molar-refractivity contribution is -0.142. The molecule has 0 unspecified atom stereocenters. The van der Waals surface area contributed by atoms with Gasteiger partial charge in [-0.1, -0.05) is 80.4 Å². The molecule has 6 heteroatoms. The van der Waals surface area contributed by atoms with E-state index in [1.54, 1.807) is 12.0 Å². The summed E-state index contributed by atoms with van der Waals surface area (Å²) >= 11 is 0. The Morgan fingerprint density at radius 2 is 1.50 bits per heavy atom. The lowest BCUT2D eigenvalue weighted by Gasteiger charge is -2.31. The van der Waals surface area contributed by atoms with E-state index in [0.717, 1.165) is 36.1 Å². The van der Waals surface area contributed by atoms with Crippen LogP contribution in [-0.4, -0.2) is 43.0 Å². The van der Waals surface area contributed by atoms with Crippen molar-refractivity contribution in [1.29, 1.82) is 0 Å². The van der Waals surface area contributed by atoms with Crippen LogP contribution in [0.5, 0.6) is 11.5 Å². The normalized spacial score (nSPS) is 11.4. The number of methoxy groups -OCH3 is 1. The zero-order valence-corrected chi connectivity index (χ0v) is 21.2. The van der Waals surface area contributed by atoms with Crippen LogP contribution in [0.2, 0.25) is 0 Å². The minimum absolute atomic E-state index is 0.156. The van der Waals surface area contributed by atoms with Gasteiger partial charge in [0.25, 0.3) is 5.91 Å². The van der Waals surface area contributed by atoms with Gasteiger partial charge in [-0.15, -0.1) is 0 Å². The lowest BCUT2D eigenvalue weighted by atomic mass is 10.0. The molecule has 3 rings (SSSR count). The van der Waals surface area contributed by atoms with Crippen LogP contribution in [0.15, 0.2) is 84.9 Å². The predicted octanol–water partition coefficient (Wildman–Crippen LogP) is 5.02. The fourth-order valence-corrected chi connectivity index (χ4v) is 3.93. The summed E-state index contributed by atoms with van der Waals surface area (Å²) in [5, 5.41) is 3.06. The maximum absolute atomic E-state index is 13.6. The quantitative estimate of drug-likeness (QED) is 0.324. The second-order valence-electron chi connectivity index (χ2n) is 8.68. The van der Waals surface area contributed by atoms with E-state index in [1.807, 2.05) is 84.9 Å². The molecule has 190 valence electrons. The number of ether oxygens (including phenoxy) is 2. The van der Waals surface area contributed by atoms with Gasteiger partial charge in [-0.05, 0) is 41.8 Å². The molecule has 0 spiro atoms. The summed E-state index contributed by atoms with van der Waals surface area (Å²) in [5.74, 6) is 0.938. The summed E-state index contributed by atoms with van der Waals surface area (Å²) in [5.41, 5.74) is 1.89. The van der Waals surface area contributed by atoms with E-state index in [9.17, 15) is 9.59 Å². The minimum Gasteiger partial charge on any atom is -0.497 e. The Balaban J connectivity index is 1.86. The van der Waals surface area contributed by atoms with Crippen LogP contribution in [0.3, 0.4) is 0 Å². The molecule has 0 bridgehead atoms. The van der Waals surface area contributed by atoms with Gasteiger partial charge in [-0.3, -0.25) is 9.59 Å². The largest absolute Gasteiger partial charge is 0.497 e. The van der Waals surface area contributed by atoms with Crippen LogP contribution in [-0.2, 0) is 22.6 Å². The third-order valence-electron chi connectivity index (χ3n) is 5.97. The Kier molecular flexibility index (Phi) is 10.8. The van der Waals surface area contributed by atoms with Crippen molar-refractivity contribution in [3.63, 3.8) is 0 Å². The maximum atomic E-state index is 13.6. The number of rotatable bonds is 14. The number of amides is 2. The molecule has 3 aromatic carbocycles. The van der Waals surface area contributed by atoms with E-state index in [1.165, 1.54) is 0 Å². The molecule has 1 N–H and O–H groups in total. The number of carbonyl (C=O) groups is 2. The lowest BCUT2D eigenvalue weighted by Crippen LogP contribution is -2.51. The van der Waals surface area contributed by atoms with Crippen LogP contribution in [0, 0.1) is 0 Å². The Morgan fingerprint density at radius 3 is 2.14 bits per heavy atom. The van der Waals surface area contributed by atoms with Crippen molar-refractivity contribution < 1.29 is 19.1 Å². The summed E-state index contributed by atoms with van der Waals surface area (Å²) in [6.07, 6.45) is 3.43. The third-order valence-corrected chi connectivity index (χ3v) is 5.97. The highest BCUT2D eigenvalue weighted by atomic mass is 16.5. The second kappa shape index (κ2) is 14.6. The Hall–Kier alpha value is -3.80. The number of nitrogens with one attached hydrogen (secondary N) is 1. The fraction of sp³-hybridized carbons (Fsp3) is 0.333. The molecule has 0 aliphatic heterocycles. The molecule has 0 aliphatic rings. The molecule has 0 radical (unpaired) electrons. The van der Waals surface area contributed by atoms with Gasteiger partial charge in [-0.2, -0.15) is 0 Å². The average Bonchev–Trinajstić information content (AvgIpc) is 2.93. The second-order valence-corrected chi connectivity index (χ2v) is 8.68. The summed E-state index contributed by atoms with van der Waals surface area (Å²) in [7, 11) is 1.62. The summed E-state index contributed by atoms with van der Waals surface area (Å²) in [4.78, 5) is 28.6. The number of carbonyl (C=O) groups excluding carboxylic acids is 2. The SMILES string of the molecule is CCCCCNC(=O)[C@@H](Cc1ccccc1)N(Cc1ccc(OC)cc1)C(=O)COc1ccccc1. The molecule has 2 amide bonds. The molecule has 0 heterocycles. The van der Waals surface area contributed by atoms with Crippen molar-refractivity contribution >= 4 is 11.8 Å². The molecular formula is C30H36N2O4. The van der Waals surface area contributed by atoms with Gasteiger partial charge in [0.15, 0.2) is 6.61 Å². The van der Waals surface area contributed by atoms with Crippen molar-refractivity contribution in [2.24, 2.45) is 0 Å². The highest BCUT2D eigenvalue weighted by Gasteiger charge is 2.30. The van der Waals surface area contributed by atoms with E-state index < -0.39 is 6.04 Å². The summed E-state index contributed by atoms with van der Waals surface area (Å²) in [6, 6.07) is 25.9. The molecule has 6 nitrogen and oxygen atoms in total. The summed E-state index contributed by atoms with van der Waals surface area (Å²) in [6.45, 7) is 2.83. The molecule has 3 aromatic rings. The predicted molar refractivity (Wildman–Crippen MR) is 142 cm³/mol. The van der Waals surface area contributed by atoms with E-state index in [0.29, 0.717) is 18.7 Å². The number of unbranched alkanes of at least 4 members (excludes halogenated alkanes) is 2. The Bertz CT molecular complexity index is 1060. The number of benzene rings is 3. The average molecular weight is 489 g/mol. The molecule has 0 aliphatic carbocycles. The van der Waals surface area contributed by atoms with Crippen molar-refractivity contribution in [2.75, 3.05) is 20.3 Å². The van der Waals surface area contributed by atoms with Gasteiger partial charge in [0.05, 0.1) is 7.11 Å². The van der Waals surface area contributed by atoms with Crippen LogP contribution >= 0.6 is 0 Å². The molecule has 36 heavy (non-hydrogen) atoms. The first-order valence-corrected chi connectivity index (χ1v) is 12.5. The van der Waals surface area contributed by atoms with Crippen molar-refractivity contribution in [3.05, 3.63) is 96.1 Å². The van der Waals surface area contributed by atoms with Gasteiger partial charge in [0, 0.05) is 19.5 Å². The van der Waals surface area contributed by atoms with Gasteiger partial charge >= 0.3 is 0 Å². The van der Waals surface area contributed by atoms with Crippen LogP contribution in [0.1, 0.15) is 37.3 Å². The van der Waals surface area contributed by atoms with Gasteiger partial charge in [-0.25, -0.2) is 0 Å². The topological polar surface area (TPSA) is 67.9 Å². The molecular weight excluding hydrogens is 452 g/mol. The molecule has 0 aromatic heterocycles. The number of hydrogen-bond acceptors (Lipinski definition) is 4. The zero-order valence-electron chi connectivity index (χ0n) is 21.2. The van der Waals surface area contributed by atoms with Crippen LogP contribution < -0.4 is 14.8 Å². The highest BCUT2D eigenvalue weighted by molar-refractivity contribution is 5.88. The third kappa shape index (κ3) is 8.45. The molecule has 0 saturated carbocycles. The Labute approximate surface area is 214 Å². The first-order valence-electron chi connectivity index (χ1n) is 12.5. The van der Waals surface area contributed by atoms with E-state index in [2.05, 4.69) is 12.2 Å². The summed E-state index contributed by atoms with van der Waals surface area (Å²) < 4.78 is 11.0. The number of para-hydroxylation sites is 1. The molecule has 0 fully saturated rings. The maximum Gasteiger partial charge on any atom is 0.261 e. The van der Waals surface area contributed by atoms with E-state index in [4.69, 9.17) is 9.47 Å². The van der Waals surface area contributed by atoms with Gasteiger partial charge in [0.1, 0.15) is 17.5 Å². The first kappa shape index (κ1) is 26.8. The van der Waals surface area contributed by atoms with Crippen LogP contribution in [0.4, 0.5) is 0 Å². The van der Waals surface area contributed by atoms with Gasteiger partial charge < -0.3 is 19.7 Å². The van der Waals surface area contributed by atoms with Gasteiger partial charge in [0.2, 0.25) is 5.91 Å². The first-order chi connectivity index (χ1) is 17.6. The fourth-order valence-electron chi connectivity index (χ4n) is 3.93. The standard InChI is InChI=1S/C30H36N2O4/c1-3-4-11-20-31-30(34)28(21-24-12-7-5-8-13-24)32(22-25-16-18-26(35-2)19-17-25)29(33)23-36-27-14-9-6-10-15-27/h5-10,12-19,28H,3-4,11,20-23H2,1-2H3,(H,31,34)/t28-/m1/s1. The van der Waals surface area contributed by atoms with Crippen molar-refractivity contribution in [2.45, 2.75) is 45.2 Å². The highest BCUT2D eigenvalue weighted by Crippen LogP contribution is 2.18. The monoisotopic (exact) mass is 488 g/mol. The minimum atomic E-state index is -0.678. The van der Waals surface area contributed by atoms with Crippen molar-refractivity contribution in [3.8, 4) is 11.5 Å². The van der Waals surface area contributed by atoms with Crippen LogP contribution in [0.25, 0.3) is 0 Å². The smallest absolute Gasteiger partial charge is 0.261 e. The number of hydrogen-bond donors (Lipinski definition) is 1. The molecule has 0 saturated heterocycles. The molecule has 1 atom stereocenters.